The van der Waals surface area contributed by atoms with Crippen LogP contribution in [-0.4, -0.2) is 53.4 Å². The number of nitrogens with one attached hydrogen (secondary N) is 1. The van der Waals surface area contributed by atoms with Crippen LogP contribution in [0.3, 0.4) is 0 Å². The summed E-state index contributed by atoms with van der Waals surface area (Å²) in [6.07, 6.45) is 0.691. The maximum Gasteiger partial charge on any atom is 0.326 e. The van der Waals surface area contributed by atoms with Crippen LogP contribution in [0.1, 0.15) is 12.0 Å². The van der Waals surface area contributed by atoms with E-state index in [-0.39, 0.29) is 13.0 Å². The van der Waals surface area contributed by atoms with Crippen molar-refractivity contribution in [1.29, 1.82) is 0 Å². The molecule has 0 aliphatic carbocycles. The number of hydrogen-bond acceptors (Lipinski definition) is 3. The third kappa shape index (κ3) is 5.27. The summed E-state index contributed by atoms with van der Waals surface area (Å²) in [7, 11) is 1.61. The number of hydrogen-bond donors (Lipinski definition) is 3. The maximum atomic E-state index is 11.8. The summed E-state index contributed by atoms with van der Waals surface area (Å²) < 4.78 is 0. The van der Waals surface area contributed by atoms with Crippen molar-refractivity contribution < 1.29 is 19.8 Å². The number of nitrogens with zero attached hydrogens (tertiary/aromatic N) is 1. The van der Waals surface area contributed by atoms with E-state index in [4.69, 9.17) is 10.2 Å². The lowest BCUT2D eigenvalue weighted by atomic mass is 10.1. The van der Waals surface area contributed by atoms with E-state index >= 15 is 0 Å². The molecule has 2 amide bonds. The smallest absolute Gasteiger partial charge is 0.326 e. The van der Waals surface area contributed by atoms with Gasteiger partial charge >= 0.3 is 12.0 Å². The van der Waals surface area contributed by atoms with Gasteiger partial charge in [-0.1, -0.05) is 30.3 Å². The normalized spacial score (nSPS) is 11.7. The number of benzene rings is 1. The highest BCUT2D eigenvalue weighted by molar-refractivity contribution is 5.82. The zero-order valence-corrected chi connectivity index (χ0v) is 11.5. The van der Waals surface area contributed by atoms with Crippen molar-refractivity contribution in [3.05, 3.63) is 35.9 Å². The van der Waals surface area contributed by atoms with Crippen LogP contribution in [0.4, 0.5) is 4.79 Å². The molecule has 0 fully saturated rings. The maximum absolute atomic E-state index is 11.8. The van der Waals surface area contributed by atoms with Gasteiger partial charge in [-0.15, -0.1) is 0 Å². The molecule has 6 nitrogen and oxygen atoms in total. The van der Waals surface area contributed by atoms with Crippen LogP contribution in [-0.2, 0) is 11.2 Å². The lowest BCUT2D eigenvalue weighted by molar-refractivity contribution is -0.139. The van der Waals surface area contributed by atoms with E-state index in [1.54, 1.807) is 7.05 Å². The Balaban J connectivity index is 2.44. The largest absolute Gasteiger partial charge is 0.480 e. The van der Waals surface area contributed by atoms with Gasteiger partial charge in [-0.05, 0) is 12.0 Å². The Morgan fingerprint density at radius 2 is 1.95 bits per heavy atom. The average molecular weight is 280 g/mol. The third-order valence-electron chi connectivity index (χ3n) is 2.94. The molecular formula is C14H20N2O4. The van der Waals surface area contributed by atoms with Crippen LogP contribution in [0.2, 0.25) is 0 Å². The number of carboxylic acid groups (broad SMARTS) is 1. The van der Waals surface area contributed by atoms with Crippen LogP contribution in [0.25, 0.3) is 0 Å². The van der Waals surface area contributed by atoms with Gasteiger partial charge in [-0.3, -0.25) is 0 Å². The van der Waals surface area contributed by atoms with E-state index in [0.29, 0.717) is 13.0 Å². The minimum atomic E-state index is -1.15. The van der Waals surface area contributed by atoms with Crippen molar-refractivity contribution in [2.45, 2.75) is 18.9 Å². The van der Waals surface area contributed by atoms with Gasteiger partial charge in [-0.2, -0.15) is 0 Å². The number of carboxylic acids is 1. The Morgan fingerprint density at radius 1 is 1.30 bits per heavy atom. The molecule has 0 saturated heterocycles. The van der Waals surface area contributed by atoms with Gasteiger partial charge in [0.15, 0.2) is 0 Å². The summed E-state index contributed by atoms with van der Waals surface area (Å²) in [5, 5.41) is 20.0. The molecule has 20 heavy (non-hydrogen) atoms. The monoisotopic (exact) mass is 280 g/mol. The molecule has 0 bridgehead atoms. The summed E-state index contributed by atoms with van der Waals surface area (Å²) >= 11 is 0. The van der Waals surface area contributed by atoms with Crippen molar-refractivity contribution >= 4 is 12.0 Å². The zero-order valence-electron chi connectivity index (χ0n) is 11.5. The molecule has 0 spiro atoms. The number of aliphatic carboxylic acids is 1. The Hall–Kier alpha value is -2.08. The van der Waals surface area contributed by atoms with Crippen LogP contribution in [0, 0.1) is 0 Å². The highest BCUT2D eigenvalue weighted by atomic mass is 16.4. The molecule has 0 aliphatic rings. The molecule has 110 valence electrons. The van der Waals surface area contributed by atoms with Crippen molar-refractivity contribution in [1.82, 2.24) is 10.2 Å². The quantitative estimate of drug-likeness (QED) is 0.686. The van der Waals surface area contributed by atoms with E-state index < -0.39 is 18.0 Å². The van der Waals surface area contributed by atoms with Crippen LogP contribution in [0.15, 0.2) is 30.3 Å². The predicted octanol–water partition coefficient (Wildman–Crippen LogP) is 0.706. The van der Waals surface area contributed by atoms with E-state index in [2.05, 4.69) is 5.32 Å². The summed E-state index contributed by atoms with van der Waals surface area (Å²) in [4.78, 5) is 24.1. The molecule has 0 saturated carbocycles. The fraction of sp³-hybridized carbons (Fsp3) is 0.429. The minimum Gasteiger partial charge on any atom is -0.480 e. The first-order chi connectivity index (χ1) is 9.54. The molecule has 1 aromatic carbocycles. The lowest BCUT2D eigenvalue weighted by Crippen LogP contribution is -2.47. The van der Waals surface area contributed by atoms with Crippen molar-refractivity contribution in [2.24, 2.45) is 0 Å². The molecule has 1 aromatic rings. The van der Waals surface area contributed by atoms with Gasteiger partial charge in [-0.25, -0.2) is 9.59 Å². The first-order valence-electron chi connectivity index (χ1n) is 6.43. The van der Waals surface area contributed by atoms with Crippen molar-refractivity contribution in [3.8, 4) is 0 Å². The minimum absolute atomic E-state index is 0.00635. The standard InChI is InChI=1S/C14H20N2O4/c1-16(9-7-11-5-3-2-4-6-11)14(20)15-12(8-10-17)13(18)19/h2-6,12,17H,7-10H2,1H3,(H,15,20)(H,18,19)/t12-/m1/s1. The van der Waals surface area contributed by atoms with Gasteiger partial charge in [0, 0.05) is 26.6 Å². The van der Waals surface area contributed by atoms with E-state index in [1.807, 2.05) is 30.3 Å². The number of likely N-dealkylation sites (N-methyl/N-ethyl adjacent to an activating group) is 1. The first kappa shape index (κ1) is 16.0. The predicted molar refractivity (Wildman–Crippen MR) is 74.4 cm³/mol. The van der Waals surface area contributed by atoms with Gasteiger partial charge in [0.2, 0.25) is 0 Å². The number of carbonyl (C=O) groups excluding carboxylic acids is 1. The molecule has 0 unspecified atom stereocenters. The van der Waals surface area contributed by atoms with Crippen LogP contribution >= 0.6 is 0 Å². The second-order valence-electron chi connectivity index (χ2n) is 4.51. The summed E-state index contributed by atoms with van der Waals surface area (Å²) in [5.74, 6) is -1.15. The molecule has 0 heterocycles. The number of rotatable bonds is 7. The van der Waals surface area contributed by atoms with Crippen molar-refractivity contribution in [2.75, 3.05) is 20.2 Å². The second-order valence-corrected chi connectivity index (χ2v) is 4.51. The number of aliphatic hydroxyl groups excluding tert-OH is 1. The van der Waals surface area contributed by atoms with Crippen LogP contribution in [0.5, 0.6) is 0 Å². The Bertz CT molecular complexity index is 436. The molecule has 0 radical (unpaired) electrons. The average Bonchev–Trinajstić information content (AvgIpc) is 2.45. The lowest BCUT2D eigenvalue weighted by Gasteiger charge is -2.21. The van der Waals surface area contributed by atoms with E-state index in [1.165, 1.54) is 4.90 Å². The van der Waals surface area contributed by atoms with Crippen molar-refractivity contribution in [3.63, 3.8) is 0 Å². The van der Waals surface area contributed by atoms with Gasteiger partial charge in [0.25, 0.3) is 0 Å². The third-order valence-corrected chi connectivity index (χ3v) is 2.94. The topological polar surface area (TPSA) is 89.9 Å². The molecule has 3 N–H and O–H groups in total. The number of amides is 2. The fourth-order valence-corrected chi connectivity index (χ4v) is 1.69. The Labute approximate surface area is 118 Å². The molecule has 6 heteroatoms. The molecule has 0 aromatic heterocycles. The zero-order chi connectivity index (χ0) is 15.0. The highest BCUT2D eigenvalue weighted by Gasteiger charge is 2.20. The van der Waals surface area contributed by atoms with Gasteiger partial charge < -0.3 is 20.4 Å². The Kier molecular flexibility index (Phi) is 6.52. The second kappa shape index (κ2) is 8.16. The van der Waals surface area contributed by atoms with Gasteiger partial charge in [0.1, 0.15) is 6.04 Å². The summed E-state index contributed by atoms with van der Waals surface area (Å²) in [5.41, 5.74) is 1.11. The molecular weight excluding hydrogens is 260 g/mol. The number of urea groups is 1. The molecule has 1 rings (SSSR count). The Morgan fingerprint density at radius 3 is 2.50 bits per heavy atom. The fourth-order valence-electron chi connectivity index (χ4n) is 1.69. The summed E-state index contributed by atoms with van der Waals surface area (Å²) in [6.45, 7) is 0.201. The van der Waals surface area contributed by atoms with Gasteiger partial charge in [0.05, 0.1) is 0 Å². The number of carbonyl (C=O) groups is 2. The SMILES string of the molecule is CN(CCc1ccccc1)C(=O)N[C@H](CCO)C(=O)O. The summed E-state index contributed by atoms with van der Waals surface area (Å²) in [6, 6.07) is 8.20. The molecule has 1 atom stereocenters. The van der Waals surface area contributed by atoms with Crippen LogP contribution < -0.4 is 5.32 Å². The van der Waals surface area contributed by atoms with E-state index in [0.717, 1.165) is 5.56 Å². The molecule has 0 aliphatic heterocycles. The number of aliphatic hydroxyl groups is 1. The first-order valence-corrected chi connectivity index (χ1v) is 6.43. The highest BCUT2D eigenvalue weighted by Crippen LogP contribution is 2.01. The van der Waals surface area contributed by atoms with E-state index in [9.17, 15) is 9.59 Å².